The summed E-state index contributed by atoms with van der Waals surface area (Å²) in [6.45, 7) is 3.41. The Labute approximate surface area is 99.5 Å². The van der Waals surface area contributed by atoms with Gasteiger partial charge in [-0.15, -0.1) is 0 Å². The first-order valence-electron chi connectivity index (χ1n) is 5.03. The van der Waals surface area contributed by atoms with Crippen LogP contribution >= 0.6 is 0 Å². The first-order chi connectivity index (χ1) is 7.93. The summed E-state index contributed by atoms with van der Waals surface area (Å²) in [5.74, 6) is -0.807. The van der Waals surface area contributed by atoms with Crippen LogP contribution in [-0.4, -0.2) is 43.2 Å². The van der Waals surface area contributed by atoms with Gasteiger partial charge in [-0.3, -0.25) is 9.63 Å². The largest absolute Gasteiger partial charge is 0.464 e. The van der Waals surface area contributed by atoms with E-state index in [-0.39, 0.29) is 11.6 Å². The van der Waals surface area contributed by atoms with Gasteiger partial charge in [0.05, 0.1) is 19.8 Å². The van der Waals surface area contributed by atoms with Crippen LogP contribution in [-0.2, 0) is 9.57 Å². The molecule has 6 nitrogen and oxygen atoms in total. The Hall–Kier alpha value is -1.82. The fraction of sp³-hybridized carbons (Fsp3) is 0.455. The molecular weight excluding hydrogens is 224 g/mol. The number of carbonyl (C=O) groups is 2. The first kappa shape index (κ1) is 13.2. The summed E-state index contributed by atoms with van der Waals surface area (Å²) in [6, 6.07) is 0. The number of aromatic nitrogens is 1. The van der Waals surface area contributed by atoms with E-state index >= 15 is 0 Å². The third-order valence-electron chi connectivity index (χ3n) is 2.60. The molecule has 0 unspecified atom stereocenters. The van der Waals surface area contributed by atoms with Crippen LogP contribution in [0.2, 0.25) is 0 Å². The van der Waals surface area contributed by atoms with Gasteiger partial charge in [0.25, 0.3) is 5.91 Å². The Balaban J connectivity index is 3.22. The van der Waals surface area contributed by atoms with Crippen molar-refractivity contribution in [1.82, 2.24) is 10.0 Å². The van der Waals surface area contributed by atoms with Crippen LogP contribution in [0.5, 0.6) is 0 Å². The van der Waals surface area contributed by atoms with E-state index in [0.717, 1.165) is 5.06 Å². The molecule has 1 aromatic rings. The summed E-state index contributed by atoms with van der Waals surface area (Å²) in [7, 11) is 4.20. The van der Waals surface area contributed by atoms with E-state index in [2.05, 4.69) is 9.72 Å². The molecule has 0 radical (unpaired) electrons. The highest BCUT2D eigenvalue weighted by molar-refractivity contribution is 6.00. The average Bonchev–Trinajstić information content (AvgIpc) is 2.62. The van der Waals surface area contributed by atoms with Crippen molar-refractivity contribution in [3.63, 3.8) is 0 Å². The Morgan fingerprint density at radius 2 is 1.82 bits per heavy atom. The van der Waals surface area contributed by atoms with Crippen LogP contribution in [0.3, 0.4) is 0 Å². The number of hydrogen-bond acceptors (Lipinski definition) is 4. The number of esters is 1. The zero-order valence-corrected chi connectivity index (χ0v) is 10.6. The Kier molecular flexibility index (Phi) is 3.90. The van der Waals surface area contributed by atoms with Crippen molar-refractivity contribution in [3.8, 4) is 0 Å². The second-order valence-electron chi connectivity index (χ2n) is 3.60. The highest BCUT2D eigenvalue weighted by Gasteiger charge is 2.24. The molecule has 17 heavy (non-hydrogen) atoms. The lowest BCUT2D eigenvalue weighted by Crippen LogP contribution is -2.26. The molecule has 0 atom stereocenters. The molecule has 0 fully saturated rings. The van der Waals surface area contributed by atoms with Crippen LogP contribution in [0.15, 0.2) is 0 Å². The fourth-order valence-corrected chi connectivity index (χ4v) is 1.62. The van der Waals surface area contributed by atoms with Crippen molar-refractivity contribution in [2.24, 2.45) is 0 Å². The number of nitrogens with one attached hydrogen (secondary N) is 1. The third kappa shape index (κ3) is 2.31. The molecule has 0 aromatic carbocycles. The number of rotatable bonds is 3. The minimum atomic E-state index is -0.496. The smallest absolute Gasteiger partial charge is 0.354 e. The number of aryl methyl sites for hydroxylation is 1. The van der Waals surface area contributed by atoms with Gasteiger partial charge >= 0.3 is 5.97 Å². The van der Waals surface area contributed by atoms with Gasteiger partial charge < -0.3 is 9.72 Å². The molecule has 0 bridgehead atoms. The van der Waals surface area contributed by atoms with Crippen molar-refractivity contribution < 1.29 is 19.2 Å². The zero-order valence-electron chi connectivity index (χ0n) is 10.6. The number of aromatic amines is 1. The maximum absolute atomic E-state index is 12.0. The maximum Gasteiger partial charge on any atom is 0.354 e. The Morgan fingerprint density at radius 1 is 1.24 bits per heavy atom. The van der Waals surface area contributed by atoms with Gasteiger partial charge in [-0.1, -0.05) is 0 Å². The molecule has 1 aromatic heterocycles. The molecule has 0 saturated carbocycles. The maximum atomic E-state index is 12.0. The molecule has 1 heterocycles. The van der Waals surface area contributed by atoms with Crippen LogP contribution in [0.1, 0.15) is 32.1 Å². The second-order valence-corrected chi connectivity index (χ2v) is 3.60. The number of nitrogens with zero attached hydrogens (tertiary/aromatic N) is 1. The topological polar surface area (TPSA) is 71.6 Å². The highest BCUT2D eigenvalue weighted by Crippen LogP contribution is 2.20. The molecular formula is C11H16N2O4. The molecule has 0 saturated heterocycles. The second kappa shape index (κ2) is 5.01. The van der Waals surface area contributed by atoms with Crippen LogP contribution in [0.25, 0.3) is 0 Å². The van der Waals surface area contributed by atoms with Crippen LogP contribution in [0.4, 0.5) is 0 Å². The minimum absolute atomic E-state index is 0.290. The van der Waals surface area contributed by atoms with E-state index in [4.69, 9.17) is 4.84 Å². The van der Waals surface area contributed by atoms with Gasteiger partial charge in [-0.05, 0) is 19.4 Å². The van der Waals surface area contributed by atoms with E-state index in [1.165, 1.54) is 21.3 Å². The SMILES string of the molecule is COC(=O)c1[nH]c(C)c(C(=O)N(C)OC)c1C. The van der Waals surface area contributed by atoms with Crippen molar-refractivity contribution >= 4 is 11.9 Å². The van der Waals surface area contributed by atoms with Gasteiger partial charge in [0.15, 0.2) is 0 Å². The van der Waals surface area contributed by atoms with E-state index in [0.29, 0.717) is 16.8 Å². The first-order valence-corrected chi connectivity index (χ1v) is 5.03. The molecule has 0 aliphatic carbocycles. The minimum Gasteiger partial charge on any atom is -0.464 e. The lowest BCUT2D eigenvalue weighted by Gasteiger charge is -2.13. The molecule has 1 amide bonds. The van der Waals surface area contributed by atoms with E-state index in [1.54, 1.807) is 13.8 Å². The van der Waals surface area contributed by atoms with Crippen molar-refractivity contribution in [2.45, 2.75) is 13.8 Å². The zero-order chi connectivity index (χ0) is 13.2. The van der Waals surface area contributed by atoms with Crippen LogP contribution in [0, 0.1) is 13.8 Å². The number of H-pyrrole nitrogens is 1. The number of ether oxygens (including phenoxy) is 1. The van der Waals surface area contributed by atoms with Crippen LogP contribution < -0.4 is 0 Å². The predicted molar refractivity (Wildman–Crippen MR) is 60.7 cm³/mol. The molecule has 94 valence electrons. The average molecular weight is 240 g/mol. The Bertz CT molecular complexity index is 451. The van der Waals surface area contributed by atoms with Gasteiger partial charge in [-0.2, -0.15) is 0 Å². The number of carbonyl (C=O) groups excluding carboxylic acids is 2. The normalized spacial score (nSPS) is 10.2. The van der Waals surface area contributed by atoms with E-state index in [1.807, 2.05) is 0 Å². The van der Waals surface area contributed by atoms with Crippen molar-refractivity contribution in [2.75, 3.05) is 21.3 Å². The monoisotopic (exact) mass is 240 g/mol. The van der Waals surface area contributed by atoms with Gasteiger partial charge in [-0.25, -0.2) is 9.86 Å². The fourth-order valence-electron chi connectivity index (χ4n) is 1.62. The number of hydroxylamine groups is 2. The van der Waals surface area contributed by atoms with Crippen molar-refractivity contribution in [1.29, 1.82) is 0 Å². The van der Waals surface area contributed by atoms with E-state index in [9.17, 15) is 9.59 Å². The summed E-state index contributed by atoms with van der Waals surface area (Å²) in [5, 5.41) is 1.10. The van der Waals surface area contributed by atoms with Gasteiger partial charge in [0.1, 0.15) is 5.69 Å². The molecule has 1 N–H and O–H groups in total. The number of methoxy groups -OCH3 is 1. The van der Waals surface area contributed by atoms with Gasteiger partial charge in [0.2, 0.25) is 0 Å². The third-order valence-corrected chi connectivity index (χ3v) is 2.60. The summed E-state index contributed by atoms with van der Waals surface area (Å²) in [5.41, 5.74) is 1.88. The lowest BCUT2D eigenvalue weighted by molar-refractivity contribution is -0.0757. The quantitative estimate of drug-likeness (QED) is 0.633. The molecule has 1 rings (SSSR count). The van der Waals surface area contributed by atoms with Gasteiger partial charge in [0, 0.05) is 12.7 Å². The molecule has 6 heteroatoms. The Morgan fingerprint density at radius 3 is 2.29 bits per heavy atom. The van der Waals surface area contributed by atoms with Crippen molar-refractivity contribution in [3.05, 3.63) is 22.5 Å². The molecule has 0 spiro atoms. The summed E-state index contributed by atoms with van der Waals surface area (Å²) >= 11 is 0. The summed E-state index contributed by atoms with van der Waals surface area (Å²) in [6.07, 6.45) is 0. The number of hydrogen-bond donors (Lipinski definition) is 1. The molecule has 0 aliphatic rings. The standard InChI is InChI=1S/C11H16N2O4/c1-6-8(10(14)13(3)17-5)7(2)12-9(6)11(15)16-4/h12H,1-5H3. The summed E-state index contributed by atoms with van der Waals surface area (Å²) < 4.78 is 4.63. The highest BCUT2D eigenvalue weighted by atomic mass is 16.7. The summed E-state index contributed by atoms with van der Waals surface area (Å²) in [4.78, 5) is 31.1. The molecule has 0 aliphatic heterocycles. The predicted octanol–water partition coefficient (Wildman–Crippen LogP) is 1.05. The number of amides is 1. The van der Waals surface area contributed by atoms with E-state index < -0.39 is 5.97 Å². The lowest BCUT2D eigenvalue weighted by atomic mass is 10.1.